The molecule has 2 aromatic rings. The van der Waals surface area contributed by atoms with Gasteiger partial charge in [-0.3, -0.25) is 0 Å². The van der Waals surface area contributed by atoms with Gasteiger partial charge in [0.25, 0.3) is 0 Å². The summed E-state index contributed by atoms with van der Waals surface area (Å²) in [5, 5.41) is 10.2. The van der Waals surface area contributed by atoms with E-state index < -0.39 is 0 Å². The number of aromatic hydroxyl groups is 1. The average Bonchev–Trinajstić information content (AvgIpc) is 2.89. The van der Waals surface area contributed by atoms with Gasteiger partial charge in [-0.1, -0.05) is 44.2 Å². The van der Waals surface area contributed by atoms with Crippen LogP contribution in [0.1, 0.15) is 79.5 Å². The van der Waals surface area contributed by atoms with Crippen LogP contribution in [0.15, 0.2) is 36.4 Å². The van der Waals surface area contributed by atoms with Crippen LogP contribution in [0.25, 0.3) is 0 Å². The van der Waals surface area contributed by atoms with Gasteiger partial charge in [-0.15, -0.1) is 0 Å². The minimum Gasteiger partial charge on any atom is -0.508 e. The summed E-state index contributed by atoms with van der Waals surface area (Å²) in [5.41, 5.74) is 7.03. The number of fused-ring (bicyclic) bond motifs is 1. The number of phenols is 1. The van der Waals surface area contributed by atoms with Gasteiger partial charge in [-0.05, 0) is 91.0 Å². The van der Waals surface area contributed by atoms with E-state index in [0.717, 1.165) is 38.3 Å². The highest BCUT2D eigenvalue weighted by Gasteiger charge is 2.37. The van der Waals surface area contributed by atoms with Crippen LogP contribution >= 0.6 is 0 Å². The van der Waals surface area contributed by atoms with E-state index >= 15 is 0 Å². The number of hydrogen-bond acceptors (Lipinski definition) is 4. The third kappa shape index (κ3) is 5.11. The summed E-state index contributed by atoms with van der Waals surface area (Å²) in [6.07, 6.45) is 11.4. The second-order valence-corrected chi connectivity index (χ2v) is 11.2. The predicted molar refractivity (Wildman–Crippen MR) is 142 cm³/mol. The number of methoxy groups -OCH3 is 2. The number of nitrogens with zero attached hydrogens (tertiary/aromatic N) is 1. The summed E-state index contributed by atoms with van der Waals surface area (Å²) in [6, 6.07) is 13.3. The van der Waals surface area contributed by atoms with Crippen molar-refractivity contribution in [3.8, 4) is 5.75 Å². The molecule has 2 fully saturated rings. The molecule has 0 aromatic heterocycles. The number of rotatable bonds is 6. The first-order chi connectivity index (χ1) is 17.1. The van der Waals surface area contributed by atoms with Crippen molar-refractivity contribution in [1.82, 2.24) is 0 Å². The van der Waals surface area contributed by atoms with Gasteiger partial charge in [-0.25, -0.2) is 0 Å². The molecule has 2 aliphatic carbocycles. The molecule has 1 saturated carbocycles. The Morgan fingerprint density at radius 3 is 2.26 bits per heavy atom. The minimum atomic E-state index is -0.0937. The molecule has 2 aromatic carbocycles. The van der Waals surface area contributed by atoms with E-state index in [-0.39, 0.29) is 6.29 Å². The Balaban J connectivity index is 1.40. The number of piperidine rings is 1. The van der Waals surface area contributed by atoms with Gasteiger partial charge < -0.3 is 19.5 Å². The predicted octanol–water partition coefficient (Wildman–Crippen LogP) is 6.81. The maximum atomic E-state index is 10.2. The molecular weight excluding hydrogens is 434 g/mol. The number of anilines is 1. The van der Waals surface area contributed by atoms with Gasteiger partial charge >= 0.3 is 0 Å². The van der Waals surface area contributed by atoms with Crippen molar-refractivity contribution in [2.75, 3.05) is 32.2 Å². The molecule has 2 unspecified atom stereocenters. The molecule has 0 radical (unpaired) electrons. The number of hydrogen-bond donors (Lipinski definition) is 1. The summed E-state index contributed by atoms with van der Waals surface area (Å²) in [7, 11) is 3.49. The Kier molecular flexibility index (Phi) is 7.69. The Morgan fingerprint density at radius 1 is 0.857 bits per heavy atom. The smallest absolute Gasteiger partial charge is 0.159 e. The normalized spacial score (nSPS) is 24.1. The Morgan fingerprint density at radius 2 is 1.57 bits per heavy atom. The summed E-state index contributed by atoms with van der Waals surface area (Å²) in [6.45, 7) is 4.40. The summed E-state index contributed by atoms with van der Waals surface area (Å²) in [5.74, 6) is 2.83. The molecule has 0 amide bonds. The molecule has 1 N–H and O–H groups in total. The van der Waals surface area contributed by atoms with E-state index in [0.29, 0.717) is 23.5 Å². The Hall–Kier alpha value is -2.04. The van der Waals surface area contributed by atoms with Crippen LogP contribution in [0.5, 0.6) is 5.75 Å². The van der Waals surface area contributed by atoms with E-state index in [9.17, 15) is 5.11 Å². The first kappa shape index (κ1) is 24.6. The summed E-state index contributed by atoms with van der Waals surface area (Å²) >= 11 is 0. The van der Waals surface area contributed by atoms with E-state index in [1.54, 1.807) is 14.2 Å². The fraction of sp³-hybridized carbons (Fsp3) is 0.613. The molecule has 4 nitrogen and oxygen atoms in total. The molecule has 5 rings (SSSR count). The van der Waals surface area contributed by atoms with E-state index in [1.807, 2.05) is 12.1 Å². The second kappa shape index (κ2) is 10.9. The van der Waals surface area contributed by atoms with Crippen molar-refractivity contribution < 1.29 is 14.6 Å². The summed E-state index contributed by atoms with van der Waals surface area (Å²) in [4.78, 5) is 2.53. The molecule has 0 spiro atoms. The van der Waals surface area contributed by atoms with Crippen molar-refractivity contribution in [2.45, 2.75) is 76.9 Å². The minimum absolute atomic E-state index is 0.0937. The molecule has 4 heteroatoms. The topological polar surface area (TPSA) is 41.9 Å². The Bertz CT molecular complexity index is 987. The SMILES string of the molecule is COC(OC)C1CCN(c2ccc(C3c4ccc(O)cc4CCC3C3CCCCC3)c(C)c2)CC1. The first-order valence-corrected chi connectivity index (χ1v) is 13.8. The fourth-order valence-corrected chi connectivity index (χ4v) is 7.42. The molecular formula is C31H43NO3. The van der Waals surface area contributed by atoms with Gasteiger partial charge in [0.2, 0.25) is 0 Å². The van der Waals surface area contributed by atoms with Gasteiger partial charge in [-0.2, -0.15) is 0 Å². The van der Waals surface area contributed by atoms with Crippen LogP contribution in [-0.2, 0) is 15.9 Å². The van der Waals surface area contributed by atoms with Crippen LogP contribution in [0.4, 0.5) is 5.69 Å². The highest BCUT2D eigenvalue weighted by Crippen LogP contribution is 2.49. The van der Waals surface area contributed by atoms with Gasteiger partial charge in [0.1, 0.15) is 5.75 Å². The van der Waals surface area contributed by atoms with E-state index in [4.69, 9.17) is 9.47 Å². The molecule has 0 bridgehead atoms. The van der Waals surface area contributed by atoms with E-state index in [2.05, 4.69) is 36.1 Å². The van der Waals surface area contributed by atoms with Crippen molar-refractivity contribution in [1.29, 1.82) is 0 Å². The number of aryl methyl sites for hydroxylation is 2. The number of phenolic OH excluding ortho intramolecular Hbond substituents is 1. The van der Waals surface area contributed by atoms with Gasteiger partial charge in [0.15, 0.2) is 6.29 Å². The zero-order chi connectivity index (χ0) is 24.4. The Labute approximate surface area is 211 Å². The second-order valence-electron chi connectivity index (χ2n) is 11.2. The third-order valence-corrected chi connectivity index (χ3v) is 9.23. The molecule has 1 heterocycles. The standard InChI is InChI=1S/C31H43NO3/c1-21-19-25(32-17-15-23(16-18-32)31(34-2)35-3)10-13-27(21)30-28(22-7-5-4-6-8-22)12-9-24-20-26(33)11-14-29(24)30/h10-11,13-14,19-20,22-23,28,30-31,33H,4-9,12,15-18H2,1-3H3. The van der Waals surface area contributed by atoms with Gasteiger partial charge in [0.05, 0.1) is 0 Å². The lowest BCUT2D eigenvalue weighted by Crippen LogP contribution is -2.39. The van der Waals surface area contributed by atoms with Crippen LogP contribution in [0.2, 0.25) is 0 Å². The first-order valence-electron chi connectivity index (χ1n) is 13.8. The zero-order valence-electron chi connectivity index (χ0n) is 21.8. The lowest BCUT2D eigenvalue weighted by molar-refractivity contribution is -0.141. The highest BCUT2D eigenvalue weighted by molar-refractivity contribution is 5.54. The maximum Gasteiger partial charge on any atom is 0.159 e. The quantitative estimate of drug-likeness (QED) is 0.464. The van der Waals surface area contributed by atoms with Crippen LogP contribution < -0.4 is 4.90 Å². The molecule has 35 heavy (non-hydrogen) atoms. The highest BCUT2D eigenvalue weighted by atomic mass is 16.7. The van der Waals surface area contributed by atoms with Crippen molar-refractivity contribution in [2.24, 2.45) is 17.8 Å². The average molecular weight is 478 g/mol. The molecule has 2 atom stereocenters. The van der Waals surface area contributed by atoms with Crippen LogP contribution in [-0.4, -0.2) is 38.7 Å². The number of ether oxygens (including phenoxy) is 2. The molecule has 3 aliphatic rings. The zero-order valence-corrected chi connectivity index (χ0v) is 21.8. The largest absolute Gasteiger partial charge is 0.508 e. The van der Waals surface area contributed by atoms with E-state index in [1.165, 1.54) is 66.5 Å². The van der Waals surface area contributed by atoms with Crippen LogP contribution in [0.3, 0.4) is 0 Å². The monoisotopic (exact) mass is 477 g/mol. The lowest BCUT2D eigenvalue weighted by Gasteiger charge is -2.41. The molecule has 1 aliphatic heterocycles. The lowest BCUT2D eigenvalue weighted by atomic mass is 9.63. The van der Waals surface area contributed by atoms with Crippen LogP contribution in [0, 0.1) is 24.7 Å². The molecule has 190 valence electrons. The number of benzene rings is 2. The van der Waals surface area contributed by atoms with Crippen molar-refractivity contribution >= 4 is 5.69 Å². The van der Waals surface area contributed by atoms with Crippen molar-refractivity contribution in [3.63, 3.8) is 0 Å². The summed E-state index contributed by atoms with van der Waals surface area (Å²) < 4.78 is 11.0. The third-order valence-electron chi connectivity index (χ3n) is 9.23. The van der Waals surface area contributed by atoms with Crippen molar-refractivity contribution in [3.05, 3.63) is 58.7 Å². The van der Waals surface area contributed by atoms with Gasteiger partial charge in [0, 0.05) is 44.8 Å². The molecule has 1 saturated heterocycles. The maximum absolute atomic E-state index is 10.2. The fourth-order valence-electron chi connectivity index (χ4n) is 7.42.